The Morgan fingerprint density at radius 3 is 2.94 bits per heavy atom. The molecule has 4 heteroatoms. The molecule has 0 saturated heterocycles. The number of ether oxygens (including phenoxy) is 1. The fraction of sp³-hybridized carbons (Fsp3) is 0.250. The van der Waals surface area contributed by atoms with E-state index in [9.17, 15) is 9.18 Å². The lowest BCUT2D eigenvalue weighted by Gasteiger charge is -2.02. The van der Waals surface area contributed by atoms with Crippen LogP contribution in [0.2, 0.25) is 0 Å². The van der Waals surface area contributed by atoms with E-state index in [1.165, 1.54) is 19.2 Å². The van der Waals surface area contributed by atoms with Crippen molar-refractivity contribution in [3.8, 4) is 0 Å². The molecule has 86 valence electrons. The van der Waals surface area contributed by atoms with Crippen LogP contribution < -0.4 is 0 Å². The van der Waals surface area contributed by atoms with Crippen molar-refractivity contribution in [2.45, 2.75) is 13.0 Å². The summed E-state index contributed by atoms with van der Waals surface area (Å²) >= 11 is 0. The summed E-state index contributed by atoms with van der Waals surface area (Å²) < 4.78 is 17.3. The molecule has 3 nitrogen and oxygen atoms in total. The van der Waals surface area contributed by atoms with Crippen LogP contribution in [0, 0.1) is 5.82 Å². The quantitative estimate of drug-likeness (QED) is 0.794. The molecule has 0 heterocycles. The number of benzene rings is 1. The van der Waals surface area contributed by atoms with E-state index in [2.05, 4.69) is 4.74 Å². The number of aliphatic hydroxyl groups excluding tert-OH is 1. The lowest BCUT2D eigenvalue weighted by molar-refractivity contribution is -0.139. The van der Waals surface area contributed by atoms with Gasteiger partial charge in [-0.3, -0.25) is 4.79 Å². The number of esters is 1. The van der Waals surface area contributed by atoms with Gasteiger partial charge in [0.05, 0.1) is 20.1 Å². The highest BCUT2D eigenvalue weighted by Gasteiger charge is 2.00. The van der Waals surface area contributed by atoms with Crippen LogP contribution in [0.3, 0.4) is 0 Å². The van der Waals surface area contributed by atoms with Crippen molar-refractivity contribution >= 4 is 12.0 Å². The van der Waals surface area contributed by atoms with Crippen LogP contribution in [0.4, 0.5) is 4.39 Å². The Labute approximate surface area is 93.2 Å². The zero-order valence-corrected chi connectivity index (χ0v) is 8.94. The maximum Gasteiger partial charge on any atom is 0.309 e. The SMILES string of the molecule is COC(=O)CC=Cc1ccc(F)cc1CO. The van der Waals surface area contributed by atoms with Gasteiger partial charge >= 0.3 is 5.97 Å². The van der Waals surface area contributed by atoms with Gasteiger partial charge in [-0.25, -0.2) is 4.39 Å². The third-order valence-electron chi connectivity index (χ3n) is 2.08. The highest BCUT2D eigenvalue weighted by atomic mass is 19.1. The molecule has 1 N–H and O–H groups in total. The predicted molar refractivity (Wildman–Crippen MR) is 58.0 cm³/mol. The molecular formula is C12H13FO3. The first kappa shape index (κ1) is 12.4. The molecule has 1 rings (SSSR count). The van der Waals surface area contributed by atoms with Crippen molar-refractivity contribution in [2.24, 2.45) is 0 Å². The van der Waals surface area contributed by atoms with Crippen molar-refractivity contribution in [3.05, 3.63) is 41.2 Å². The average molecular weight is 224 g/mol. The second kappa shape index (κ2) is 6.02. The number of halogens is 1. The van der Waals surface area contributed by atoms with Gasteiger partial charge in [0.15, 0.2) is 0 Å². The van der Waals surface area contributed by atoms with Crippen molar-refractivity contribution in [1.82, 2.24) is 0 Å². The Balaban J connectivity index is 2.76. The highest BCUT2D eigenvalue weighted by molar-refractivity contribution is 5.72. The predicted octanol–water partition coefficient (Wildman–Crippen LogP) is 1.89. The Hall–Kier alpha value is -1.68. The van der Waals surface area contributed by atoms with Crippen molar-refractivity contribution in [3.63, 3.8) is 0 Å². The fourth-order valence-corrected chi connectivity index (χ4v) is 1.24. The Bertz CT molecular complexity index is 399. The van der Waals surface area contributed by atoms with Gasteiger partial charge in [0.1, 0.15) is 5.82 Å². The summed E-state index contributed by atoms with van der Waals surface area (Å²) in [6.45, 7) is -0.240. The van der Waals surface area contributed by atoms with E-state index in [0.717, 1.165) is 0 Å². The molecule has 0 spiro atoms. The minimum atomic E-state index is -0.394. The molecule has 16 heavy (non-hydrogen) atoms. The zero-order chi connectivity index (χ0) is 12.0. The van der Waals surface area contributed by atoms with Gasteiger partial charge in [-0.15, -0.1) is 0 Å². The van der Waals surface area contributed by atoms with Gasteiger partial charge in [-0.2, -0.15) is 0 Å². The lowest BCUT2D eigenvalue weighted by Crippen LogP contribution is -1.97. The molecule has 0 amide bonds. The summed E-state index contributed by atoms with van der Waals surface area (Å²) in [4.78, 5) is 10.8. The molecule has 0 bridgehead atoms. The van der Waals surface area contributed by atoms with E-state index in [4.69, 9.17) is 5.11 Å². The van der Waals surface area contributed by atoms with E-state index >= 15 is 0 Å². The number of carbonyl (C=O) groups is 1. The Morgan fingerprint density at radius 1 is 1.56 bits per heavy atom. The maximum absolute atomic E-state index is 12.8. The van der Waals surface area contributed by atoms with Gasteiger partial charge < -0.3 is 9.84 Å². The van der Waals surface area contributed by atoms with E-state index in [1.54, 1.807) is 18.2 Å². The molecular weight excluding hydrogens is 211 g/mol. The molecule has 0 radical (unpaired) electrons. The molecule has 0 saturated carbocycles. The summed E-state index contributed by atoms with van der Waals surface area (Å²) in [5.41, 5.74) is 1.17. The summed E-state index contributed by atoms with van der Waals surface area (Å²) in [6.07, 6.45) is 3.42. The van der Waals surface area contributed by atoms with Crippen molar-refractivity contribution in [2.75, 3.05) is 7.11 Å². The first-order valence-electron chi connectivity index (χ1n) is 4.80. The van der Waals surface area contributed by atoms with Gasteiger partial charge in [-0.05, 0) is 23.3 Å². The van der Waals surface area contributed by atoms with Crippen molar-refractivity contribution in [1.29, 1.82) is 0 Å². The Kier molecular flexibility index (Phi) is 4.66. The van der Waals surface area contributed by atoms with E-state index in [-0.39, 0.29) is 19.0 Å². The highest BCUT2D eigenvalue weighted by Crippen LogP contribution is 2.13. The summed E-state index contributed by atoms with van der Waals surface area (Å²) in [6, 6.07) is 4.11. The number of carbonyl (C=O) groups excluding carboxylic acids is 1. The van der Waals surface area contributed by atoms with Crippen LogP contribution in [-0.2, 0) is 16.1 Å². The molecule has 0 aliphatic carbocycles. The van der Waals surface area contributed by atoms with E-state index < -0.39 is 5.82 Å². The zero-order valence-electron chi connectivity index (χ0n) is 8.94. The van der Waals surface area contributed by atoms with Crippen LogP contribution in [-0.4, -0.2) is 18.2 Å². The Morgan fingerprint density at radius 2 is 2.31 bits per heavy atom. The number of hydrogen-bond donors (Lipinski definition) is 1. The first-order valence-corrected chi connectivity index (χ1v) is 4.80. The summed E-state index contributed by atoms with van der Waals surface area (Å²) in [5, 5.41) is 9.01. The number of aliphatic hydroxyl groups is 1. The van der Waals surface area contributed by atoms with Gasteiger partial charge in [-0.1, -0.05) is 18.2 Å². The van der Waals surface area contributed by atoms with Crippen LogP contribution >= 0.6 is 0 Å². The summed E-state index contributed by atoms with van der Waals surface area (Å²) in [5.74, 6) is -0.738. The molecule has 0 aliphatic rings. The van der Waals surface area contributed by atoms with Crippen LogP contribution in [0.25, 0.3) is 6.08 Å². The monoisotopic (exact) mass is 224 g/mol. The van der Waals surface area contributed by atoms with E-state index in [1.807, 2.05) is 0 Å². The minimum Gasteiger partial charge on any atom is -0.469 e. The molecule has 1 aromatic carbocycles. The van der Waals surface area contributed by atoms with Gasteiger partial charge in [0.25, 0.3) is 0 Å². The third kappa shape index (κ3) is 3.47. The second-order valence-electron chi connectivity index (χ2n) is 3.18. The van der Waals surface area contributed by atoms with Crippen LogP contribution in [0.5, 0.6) is 0 Å². The number of rotatable bonds is 4. The standard InChI is InChI=1S/C12H13FO3/c1-16-12(15)4-2-3-9-5-6-11(13)7-10(9)8-14/h2-3,5-7,14H,4,8H2,1H3. The fourth-order valence-electron chi connectivity index (χ4n) is 1.24. The lowest BCUT2D eigenvalue weighted by atomic mass is 10.1. The van der Waals surface area contributed by atoms with Gasteiger partial charge in [0.2, 0.25) is 0 Å². The average Bonchev–Trinajstić information content (AvgIpc) is 2.30. The minimum absolute atomic E-state index is 0.152. The van der Waals surface area contributed by atoms with Crippen LogP contribution in [0.1, 0.15) is 17.5 Å². The molecule has 0 atom stereocenters. The molecule has 0 unspecified atom stereocenters. The van der Waals surface area contributed by atoms with Crippen LogP contribution in [0.15, 0.2) is 24.3 Å². The normalized spacial score (nSPS) is 10.7. The van der Waals surface area contributed by atoms with Crippen molar-refractivity contribution < 1.29 is 19.0 Å². The van der Waals surface area contributed by atoms with E-state index in [0.29, 0.717) is 11.1 Å². The summed E-state index contributed by atoms with van der Waals surface area (Å²) in [7, 11) is 1.31. The molecule has 0 fully saturated rings. The largest absolute Gasteiger partial charge is 0.469 e. The number of hydrogen-bond acceptors (Lipinski definition) is 3. The molecule has 0 aromatic heterocycles. The first-order chi connectivity index (χ1) is 7.67. The third-order valence-corrected chi connectivity index (χ3v) is 2.08. The molecule has 1 aromatic rings. The maximum atomic E-state index is 12.8. The second-order valence-corrected chi connectivity index (χ2v) is 3.18. The number of methoxy groups -OCH3 is 1. The van der Waals surface area contributed by atoms with Gasteiger partial charge in [0, 0.05) is 0 Å². The topological polar surface area (TPSA) is 46.5 Å². The smallest absolute Gasteiger partial charge is 0.309 e. The molecule has 0 aliphatic heterocycles.